The second-order valence-electron chi connectivity index (χ2n) is 16.6. The fourth-order valence-electron chi connectivity index (χ4n) is 7.48. The molecule has 0 unspecified atom stereocenters. The Morgan fingerprint density at radius 1 is 0.424 bits per heavy atom. The minimum atomic E-state index is -0.477. The van der Waals surface area contributed by atoms with Crippen molar-refractivity contribution in [2.24, 2.45) is 0 Å². The van der Waals surface area contributed by atoms with Crippen molar-refractivity contribution in [3.05, 3.63) is 95.6 Å². The molecular weight excluding hydrogens is 729 g/mol. The van der Waals surface area contributed by atoms with Gasteiger partial charge in [-0.1, -0.05) is 211 Å². The Morgan fingerprint density at radius 3 is 1.24 bits per heavy atom. The van der Waals surface area contributed by atoms with Gasteiger partial charge < -0.3 is 14.2 Å². The maximum Gasteiger partial charge on any atom is 0.343 e. The molecule has 0 saturated carbocycles. The van der Waals surface area contributed by atoms with Crippen molar-refractivity contribution in [3.8, 4) is 17.2 Å². The van der Waals surface area contributed by atoms with Crippen LogP contribution in [0.25, 0.3) is 6.08 Å². The minimum Gasteiger partial charge on any atom is -0.494 e. The molecule has 0 radical (unpaired) electrons. The highest BCUT2D eigenvalue weighted by Crippen LogP contribution is 2.21. The van der Waals surface area contributed by atoms with Crippen molar-refractivity contribution in [1.29, 1.82) is 0 Å². The van der Waals surface area contributed by atoms with Crippen molar-refractivity contribution in [2.75, 3.05) is 13.2 Å². The monoisotopic (exact) mass is 809 g/mol. The van der Waals surface area contributed by atoms with E-state index in [4.69, 9.17) is 14.2 Å². The van der Waals surface area contributed by atoms with Gasteiger partial charge in [0.2, 0.25) is 0 Å². The number of allylic oxidation sites excluding steroid dienone is 1. The van der Waals surface area contributed by atoms with Gasteiger partial charge in [-0.25, -0.2) is 4.79 Å². The van der Waals surface area contributed by atoms with Crippen LogP contribution in [0.3, 0.4) is 0 Å². The number of ether oxygens (including phenoxy) is 3. The summed E-state index contributed by atoms with van der Waals surface area (Å²) in [6.07, 6.45) is 40.8. The summed E-state index contributed by atoms with van der Waals surface area (Å²) >= 11 is 0. The standard InChI is InChI=1S/C54H80O5/c1-3-5-7-9-11-13-15-17-18-19-20-22-24-25-27-29-44-57-50-39-34-47(35-40-50)36-43-53(55)49-32-31-33-52(46-49)59-54(56)48-37-41-51(42-38-48)58-45-30-28-26-23-21-16-14-12-10-8-6-4-2/h31-43,46H,3-30,44-45H2,1-2H3/b43-36+. The van der Waals surface area contributed by atoms with E-state index in [0.29, 0.717) is 23.5 Å². The highest BCUT2D eigenvalue weighted by Gasteiger charge is 2.11. The van der Waals surface area contributed by atoms with Gasteiger partial charge in [0, 0.05) is 5.56 Å². The maximum atomic E-state index is 13.0. The molecule has 0 heterocycles. The smallest absolute Gasteiger partial charge is 0.343 e. The third-order valence-corrected chi connectivity index (χ3v) is 11.3. The summed E-state index contributed by atoms with van der Waals surface area (Å²) in [4.78, 5) is 25.9. The van der Waals surface area contributed by atoms with Gasteiger partial charge in [-0.3, -0.25) is 4.79 Å². The van der Waals surface area contributed by atoms with Crippen LogP contribution in [-0.4, -0.2) is 25.0 Å². The van der Waals surface area contributed by atoms with Gasteiger partial charge in [0.05, 0.1) is 18.8 Å². The molecule has 3 aromatic carbocycles. The second kappa shape index (κ2) is 33.9. The average molecular weight is 809 g/mol. The lowest BCUT2D eigenvalue weighted by Gasteiger charge is -2.08. The molecule has 0 aliphatic carbocycles. The maximum absolute atomic E-state index is 13.0. The molecule has 5 heteroatoms. The summed E-state index contributed by atoms with van der Waals surface area (Å²) in [6, 6.07) is 21.6. The molecule has 0 atom stereocenters. The first-order valence-corrected chi connectivity index (χ1v) is 24.1. The van der Waals surface area contributed by atoms with Gasteiger partial charge in [0.1, 0.15) is 17.2 Å². The number of benzene rings is 3. The number of carbonyl (C=O) groups is 2. The van der Waals surface area contributed by atoms with Crippen molar-refractivity contribution >= 4 is 17.8 Å². The van der Waals surface area contributed by atoms with E-state index in [9.17, 15) is 9.59 Å². The van der Waals surface area contributed by atoms with Gasteiger partial charge in [-0.2, -0.15) is 0 Å². The third kappa shape index (κ3) is 24.7. The van der Waals surface area contributed by atoms with E-state index in [0.717, 1.165) is 36.5 Å². The predicted molar refractivity (Wildman–Crippen MR) is 249 cm³/mol. The highest BCUT2D eigenvalue weighted by molar-refractivity contribution is 6.07. The third-order valence-electron chi connectivity index (χ3n) is 11.3. The summed E-state index contributed by atoms with van der Waals surface area (Å²) in [6.45, 7) is 5.96. The number of carbonyl (C=O) groups excluding carboxylic acids is 2. The number of hydrogen-bond acceptors (Lipinski definition) is 5. The number of esters is 1. The van der Waals surface area contributed by atoms with E-state index in [1.807, 2.05) is 36.4 Å². The van der Waals surface area contributed by atoms with Crippen molar-refractivity contribution in [3.63, 3.8) is 0 Å². The molecule has 0 fully saturated rings. The normalized spacial score (nSPS) is 11.3. The van der Waals surface area contributed by atoms with Crippen LogP contribution in [-0.2, 0) is 0 Å². The number of hydrogen-bond donors (Lipinski definition) is 0. The molecule has 3 rings (SSSR count). The van der Waals surface area contributed by atoms with Crippen LogP contribution in [0.4, 0.5) is 0 Å². The second-order valence-corrected chi connectivity index (χ2v) is 16.6. The quantitative estimate of drug-likeness (QED) is 0.0191. The summed E-state index contributed by atoms with van der Waals surface area (Å²) in [5.74, 6) is 1.28. The van der Waals surface area contributed by atoms with Crippen LogP contribution in [0.1, 0.15) is 220 Å². The molecule has 0 aromatic heterocycles. The van der Waals surface area contributed by atoms with Crippen LogP contribution >= 0.6 is 0 Å². The molecule has 0 N–H and O–H groups in total. The summed E-state index contributed by atoms with van der Waals surface area (Å²) in [5.41, 5.74) is 1.79. The lowest BCUT2D eigenvalue weighted by molar-refractivity contribution is 0.0733. The van der Waals surface area contributed by atoms with Crippen LogP contribution in [0.15, 0.2) is 78.9 Å². The first kappa shape index (κ1) is 49.5. The summed E-state index contributed by atoms with van der Waals surface area (Å²) < 4.78 is 17.5. The largest absolute Gasteiger partial charge is 0.494 e. The molecule has 0 amide bonds. The molecule has 3 aromatic rings. The number of ketones is 1. The van der Waals surface area contributed by atoms with Crippen molar-refractivity contribution in [1.82, 2.24) is 0 Å². The molecule has 5 nitrogen and oxygen atoms in total. The van der Waals surface area contributed by atoms with E-state index < -0.39 is 5.97 Å². The minimum absolute atomic E-state index is 0.165. The first-order chi connectivity index (χ1) is 29.1. The fraction of sp³-hybridized carbons (Fsp3) is 0.593. The van der Waals surface area contributed by atoms with Crippen LogP contribution < -0.4 is 14.2 Å². The summed E-state index contributed by atoms with van der Waals surface area (Å²) in [5, 5.41) is 0. The van der Waals surface area contributed by atoms with E-state index >= 15 is 0 Å². The van der Waals surface area contributed by atoms with Gasteiger partial charge in [0.25, 0.3) is 0 Å². The Labute approximate surface area is 360 Å². The van der Waals surface area contributed by atoms with E-state index in [1.54, 1.807) is 48.6 Å². The average Bonchev–Trinajstić information content (AvgIpc) is 3.26. The molecule has 0 bridgehead atoms. The highest BCUT2D eigenvalue weighted by atomic mass is 16.5. The zero-order valence-corrected chi connectivity index (χ0v) is 37.3. The van der Waals surface area contributed by atoms with Crippen molar-refractivity contribution < 1.29 is 23.8 Å². The van der Waals surface area contributed by atoms with Crippen LogP contribution in [0.5, 0.6) is 17.2 Å². The van der Waals surface area contributed by atoms with E-state index in [-0.39, 0.29) is 5.78 Å². The molecule has 59 heavy (non-hydrogen) atoms. The SMILES string of the molecule is CCCCCCCCCCCCCCCCCCOc1ccc(/C=C/C(=O)c2cccc(OC(=O)c3ccc(OCCCCCCCCCCCCCC)cc3)c2)cc1. The number of rotatable bonds is 37. The zero-order chi connectivity index (χ0) is 41.9. The van der Waals surface area contributed by atoms with Gasteiger partial charge in [-0.15, -0.1) is 0 Å². The zero-order valence-electron chi connectivity index (χ0n) is 37.3. The fourth-order valence-corrected chi connectivity index (χ4v) is 7.48. The number of unbranched alkanes of at least 4 members (excludes halogenated alkanes) is 26. The van der Waals surface area contributed by atoms with Gasteiger partial charge in [-0.05, 0) is 73.0 Å². The molecule has 0 spiro atoms. The van der Waals surface area contributed by atoms with Crippen LogP contribution in [0.2, 0.25) is 0 Å². The van der Waals surface area contributed by atoms with Crippen LogP contribution in [0, 0.1) is 0 Å². The molecule has 326 valence electrons. The van der Waals surface area contributed by atoms with Crippen molar-refractivity contribution in [2.45, 2.75) is 194 Å². The topological polar surface area (TPSA) is 61.8 Å². The Balaban J connectivity index is 1.23. The Morgan fingerprint density at radius 2 is 0.814 bits per heavy atom. The van der Waals surface area contributed by atoms with Gasteiger partial charge >= 0.3 is 5.97 Å². The van der Waals surface area contributed by atoms with Gasteiger partial charge in [0.15, 0.2) is 5.78 Å². The summed E-state index contributed by atoms with van der Waals surface area (Å²) in [7, 11) is 0. The van der Waals surface area contributed by atoms with E-state index in [1.165, 1.54) is 167 Å². The molecule has 0 saturated heterocycles. The first-order valence-electron chi connectivity index (χ1n) is 24.1. The van der Waals surface area contributed by atoms with E-state index in [2.05, 4.69) is 13.8 Å². The Hall–Kier alpha value is -3.86. The molecule has 0 aliphatic rings. The lowest BCUT2D eigenvalue weighted by Crippen LogP contribution is -2.09. The lowest BCUT2D eigenvalue weighted by atomic mass is 10.0. The Bertz CT molecular complexity index is 1510. The predicted octanol–water partition coefficient (Wildman–Crippen LogP) is 16.5. The molecule has 0 aliphatic heterocycles. The Kier molecular flexibility index (Phi) is 28.5. The molecular formula is C54H80O5.